The molecule has 0 aliphatic heterocycles. The van der Waals surface area contributed by atoms with Crippen molar-refractivity contribution in [2.24, 2.45) is 23.2 Å². The molecule has 176 valence electrons. The first-order valence-corrected chi connectivity index (χ1v) is 12.2. The van der Waals surface area contributed by atoms with E-state index >= 15 is 0 Å². The number of hydrogen-bond acceptors (Lipinski definition) is 3. The number of hydrogen-bond donors (Lipinski definition) is 3. The molecule has 3 aliphatic carbocycles. The topological polar surface area (TPSA) is 60.7 Å². The average Bonchev–Trinajstić information content (AvgIpc) is 2.99. The lowest BCUT2D eigenvalue weighted by molar-refractivity contribution is -0.118. The van der Waals surface area contributed by atoms with E-state index in [2.05, 4.69) is 26.5 Å². The molecule has 4 heteroatoms. The first-order valence-electron chi connectivity index (χ1n) is 12.2. The summed E-state index contributed by atoms with van der Waals surface area (Å²) >= 11 is 0. The number of aliphatic hydroxyl groups excluding tert-OH is 1. The van der Waals surface area contributed by atoms with Gasteiger partial charge in [0.05, 0.1) is 11.7 Å². The summed E-state index contributed by atoms with van der Waals surface area (Å²) in [5.74, 6) is -0.475. The molecule has 3 N–H and O–H groups in total. The quantitative estimate of drug-likeness (QED) is 0.480. The van der Waals surface area contributed by atoms with Crippen LogP contribution < -0.4 is 0 Å². The van der Waals surface area contributed by atoms with Crippen molar-refractivity contribution >= 4 is 0 Å². The van der Waals surface area contributed by atoms with Gasteiger partial charge < -0.3 is 15.3 Å². The van der Waals surface area contributed by atoms with Crippen molar-refractivity contribution in [3.05, 3.63) is 35.5 Å². The SMILES string of the molecule is C=C1/C(=C\C=C2CCC[C@@]3(C)C2CC[C@@H]3[C@H](C)CCCC(C)(C)O)C[C@](O)(F)C[C@H]1O. The number of halogens is 1. The second-order valence-corrected chi connectivity index (χ2v) is 11.6. The predicted molar refractivity (Wildman–Crippen MR) is 124 cm³/mol. The van der Waals surface area contributed by atoms with Crippen molar-refractivity contribution in [2.45, 2.75) is 109 Å². The zero-order valence-electron chi connectivity index (χ0n) is 20.0. The molecule has 3 rings (SSSR count). The Morgan fingerprint density at radius 2 is 2.00 bits per heavy atom. The fourth-order valence-corrected chi connectivity index (χ4v) is 6.76. The first kappa shape index (κ1) is 24.7. The first-order chi connectivity index (χ1) is 14.3. The Hall–Kier alpha value is -0.970. The lowest BCUT2D eigenvalue weighted by Gasteiger charge is -2.44. The van der Waals surface area contributed by atoms with Crippen LogP contribution in [-0.2, 0) is 0 Å². The van der Waals surface area contributed by atoms with Gasteiger partial charge in [-0.15, -0.1) is 0 Å². The van der Waals surface area contributed by atoms with E-state index < -0.39 is 17.6 Å². The second-order valence-electron chi connectivity index (χ2n) is 11.6. The second kappa shape index (κ2) is 9.11. The Morgan fingerprint density at radius 3 is 2.68 bits per heavy atom. The average molecular weight is 435 g/mol. The Labute approximate surface area is 188 Å². The van der Waals surface area contributed by atoms with Crippen LogP contribution in [0.4, 0.5) is 4.39 Å². The van der Waals surface area contributed by atoms with E-state index in [1.807, 2.05) is 19.9 Å². The zero-order chi connectivity index (χ0) is 23.0. The van der Waals surface area contributed by atoms with E-state index in [-0.39, 0.29) is 12.8 Å². The molecule has 3 aliphatic rings. The lowest BCUT2D eigenvalue weighted by atomic mass is 9.60. The predicted octanol–water partition coefficient (Wildman–Crippen LogP) is 6.00. The molecule has 0 heterocycles. The summed E-state index contributed by atoms with van der Waals surface area (Å²) < 4.78 is 14.2. The number of fused-ring (bicyclic) bond motifs is 1. The van der Waals surface area contributed by atoms with Gasteiger partial charge in [-0.05, 0) is 86.7 Å². The zero-order valence-corrected chi connectivity index (χ0v) is 20.0. The van der Waals surface area contributed by atoms with Gasteiger partial charge in [0.2, 0.25) is 5.85 Å². The van der Waals surface area contributed by atoms with Crippen molar-refractivity contribution in [1.29, 1.82) is 0 Å². The van der Waals surface area contributed by atoms with Crippen LogP contribution in [0.5, 0.6) is 0 Å². The third-order valence-corrected chi connectivity index (χ3v) is 8.45. The molecule has 6 atom stereocenters. The Kier molecular flexibility index (Phi) is 7.25. The van der Waals surface area contributed by atoms with Crippen LogP contribution in [0.25, 0.3) is 0 Å². The molecule has 0 amide bonds. The largest absolute Gasteiger partial charge is 0.390 e. The van der Waals surface area contributed by atoms with Crippen LogP contribution in [-0.4, -0.2) is 32.9 Å². The highest BCUT2D eigenvalue weighted by Gasteiger charge is 2.50. The molecule has 0 bridgehead atoms. The van der Waals surface area contributed by atoms with E-state index in [1.54, 1.807) is 0 Å². The summed E-state index contributed by atoms with van der Waals surface area (Å²) in [6.07, 6.45) is 11.6. The van der Waals surface area contributed by atoms with E-state index in [4.69, 9.17) is 0 Å². The maximum absolute atomic E-state index is 14.2. The molecular formula is C27H43FO3. The molecule has 0 aromatic heterocycles. The molecule has 0 aromatic rings. The van der Waals surface area contributed by atoms with Crippen LogP contribution in [0, 0.1) is 23.2 Å². The van der Waals surface area contributed by atoms with Gasteiger partial charge in [-0.3, -0.25) is 0 Å². The van der Waals surface area contributed by atoms with Gasteiger partial charge in [0.15, 0.2) is 0 Å². The third kappa shape index (κ3) is 5.69. The molecule has 3 fully saturated rings. The molecule has 0 spiro atoms. The highest BCUT2D eigenvalue weighted by atomic mass is 19.2. The van der Waals surface area contributed by atoms with E-state index in [0.29, 0.717) is 34.3 Å². The van der Waals surface area contributed by atoms with E-state index in [1.165, 1.54) is 31.3 Å². The third-order valence-electron chi connectivity index (χ3n) is 8.45. The van der Waals surface area contributed by atoms with E-state index in [0.717, 1.165) is 25.7 Å². The number of aliphatic hydroxyl groups is 3. The molecular weight excluding hydrogens is 391 g/mol. The van der Waals surface area contributed by atoms with Crippen LogP contribution in [0.1, 0.15) is 91.9 Å². The summed E-state index contributed by atoms with van der Waals surface area (Å²) in [5, 5.41) is 29.9. The summed E-state index contributed by atoms with van der Waals surface area (Å²) in [6.45, 7) is 12.6. The van der Waals surface area contributed by atoms with Gasteiger partial charge in [0, 0.05) is 12.8 Å². The molecule has 3 saturated carbocycles. The van der Waals surface area contributed by atoms with Crippen molar-refractivity contribution in [1.82, 2.24) is 0 Å². The van der Waals surface area contributed by atoms with Crippen molar-refractivity contribution < 1.29 is 19.7 Å². The van der Waals surface area contributed by atoms with Gasteiger partial charge in [-0.25, -0.2) is 4.39 Å². The molecule has 1 unspecified atom stereocenters. The number of rotatable bonds is 6. The van der Waals surface area contributed by atoms with Gasteiger partial charge in [-0.1, -0.05) is 51.0 Å². The van der Waals surface area contributed by atoms with Gasteiger partial charge >= 0.3 is 0 Å². The van der Waals surface area contributed by atoms with Crippen LogP contribution >= 0.6 is 0 Å². The van der Waals surface area contributed by atoms with Crippen LogP contribution in [0.3, 0.4) is 0 Å². The number of allylic oxidation sites excluding steroid dienone is 3. The normalized spacial score (nSPS) is 40.4. The van der Waals surface area contributed by atoms with Crippen molar-refractivity contribution in [3.63, 3.8) is 0 Å². The van der Waals surface area contributed by atoms with Gasteiger partial charge in [0.1, 0.15) is 0 Å². The Bertz CT molecular complexity index is 729. The van der Waals surface area contributed by atoms with E-state index in [9.17, 15) is 19.7 Å². The molecule has 31 heavy (non-hydrogen) atoms. The highest BCUT2D eigenvalue weighted by Crippen LogP contribution is 2.60. The van der Waals surface area contributed by atoms with Crippen LogP contribution in [0.15, 0.2) is 35.5 Å². The van der Waals surface area contributed by atoms with Crippen LogP contribution in [0.2, 0.25) is 0 Å². The Balaban J connectivity index is 1.72. The maximum Gasteiger partial charge on any atom is 0.213 e. The molecule has 0 radical (unpaired) electrons. The standard InChI is InChI=1S/C27H43FO3/c1-18(8-6-14-25(3,4)30)22-12-13-23-20(9-7-15-26(22,23)5)10-11-21-16-27(28,31)17-24(29)19(21)2/h10-11,18,22-24,29-31H,2,6-9,12-17H2,1,3-5H3/b20-10?,21-11-/t18-,22-,23?,24-,26-,27-/m1/s1. The molecule has 0 aromatic carbocycles. The highest BCUT2D eigenvalue weighted by molar-refractivity contribution is 5.39. The maximum atomic E-state index is 14.2. The van der Waals surface area contributed by atoms with Crippen molar-refractivity contribution in [2.75, 3.05) is 0 Å². The molecule has 3 nitrogen and oxygen atoms in total. The number of alkyl halides is 1. The van der Waals surface area contributed by atoms with Gasteiger partial charge in [-0.2, -0.15) is 0 Å². The summed E-state index contributed by atoms with van der Waals surface area (Å²) in [6, 6.07) is 0. The molecule has 0 saturated heterocycles. The minimum absolute atomic E-state index is 0.102. The fourth-order valence-electron chi connectivity index (χ4n) is 6.76. The lowest BCUT2D eigenvalue weighted by Crippen LogP contribution is -2.36. The van der Waals surface area contributed by atoms with Crippen molar-refractivity contribution in [3.8, 4) is 0 Å². The summed E-state index contributed by atoms with van der Waals surface area (Å²) in [4.78, 5) is 0. The monoisotopic (exact) mass is 434 g/mol. The Morgan fingerprint density at radius 1 is 1.29 bits per heavy atom. The minimum Gasteiger partial charge on any atom is -0.390 e. The fraction of sp³-hybridized carbons (Fsp3) is 0.778. The summed E-state index contributed by atoms with van der Waals surface area (Å²) in [7, 11) is 0. The smallest absolute Gasteiger partial charge is 0.213 e. The van der Waals surface area contributed by atoms with Gasteiger partial charge in [0.25, 0.3) is 0 Å². The minimum atomic E-state index is -2.36. The summed E-state index contributed by atoms with van der Waals surface area (Å²) in [5.41, 5.74) is 2.29.